The van der Waals surface area contributed by atoms with Gasteiger partial charge in [-0.1, -0.05) is 12.1 Å². The zero-order chi connectivity index (χ0) is 21.6. The van der Waals surface area contributed by atoms with Crippen molar-refractivity contribution < 1.29 is 14.6 Å². The number of hydrogen-bond donors (Lipinski definition) is 2. The van der Waals surface area contributed by atoms with Gasteiger partial charge in [0.25, 0.3) is 0 Å². The lowest BCUT2D eigenvalue weighted by Gasteiger charge is -2.28. The average Bonchev–Trinajstić information content (AvgIpc) is 3.28. The Balaban J connectivity index is 1.45. The Hall–Kier alpha value is -3.93. The number of aromatic nitrogens is 4. The molecule has 0 radical (unpaired) electrons. The van der Waals surface area contributed by atoms with E-state index >= 15 is 0 Å². The second kappa shape index (κ2) is 9.26. The van der Waals surface area contributed by atoms with Gasteiger partial charge in [-0.2, -0.15) is 10.4 Å². The van der Waals surface area contributed by atoms with Crippen LogP contribution in [0.15, 0.2) is 49.2 Å². The first kappa shape index (κ1) is 20.3. The molecule has 1 aromatic carbocycles. The van der Waals surface area contributed by atoms with E-state index in [1.54, 1.807) is 23.1 Å². The molecule has 0 unspecified atom stereocenters. The maximum absolute atomic E-state index is 10.8. The lowest BCUT2D eigenvalue weighted by atomic mass is 9.86. The first-order valence-corrected chi connectivity index (χ1v) is 10.1. The van der Waals surface area contributed by atoms with Crippen LogP contribution in [0.2, 0.25) is 0 Å². The van der Waals surface area contributed by atoms with E-state index in [1.165, 1.54) is 6.33 Å². The number of carboxylic acid groups (broad SMARTS) is 1. The topological polar surface area (TPSA) is 126 Å². The van der Waals surface area contributed by atoms with Crippen LogP contribution in [0.1, 0.15) is 31.2 Å². The number of benzene rings is 1. The van der Waals surface area contributed by atoms with Crippen LogP contribution < -0.4 is 10.1 Å². The summed E-state index contributed by atoms with van der Waals surface area (Å²) in [6, 6.07) is 9.45. The minimum atomic E-state index is -0.969. The molecule has 158 valence electrons. The van der Waals surface area contributed by atoms with Gasteiger partial charge < -0.3 is 15.2 Å². The Labute approximate surface area is 179 Å². The van der Waals surface area contributed by atoms with E-state index < -0.39 is 6.09 Å². The molecule has 2 heterocycles. The van der Waals surface area contributed by atoms with E-state index in [-0.39, 0.29) is 6.04 Å². The molecule has 0 saturated heterocycles. The summed E-state index contributed by atoms with van der Waals surface area (Å²) < 4.78 is 7.71. The minimum absolute atomic E-state index is 0.0199. The highest BCUT2D eigenvalue weighted by Crippen LogP contribution is 2.30. The molecule has 2 N–H and O–H groups in total. The summed E-state index contributed by atoms with van der Waals surface area (Å²) in [6.45, 7) is 0.519. The Morgan fingerprint density at radius 3 is 2.84 bits per heavy atom. The smallest absolute Gasteiger partial charge is 0.404 e. The van der Waals surface area contributed by atoms with Crippen LogP contribution in [-0.4, -0.2) is 43.6 Å². The normalized spacial score (nSPS) is 18.2. The van der Waals surface area contributed by atoms with Crippen molar-refractivity contribution in [2.24, 2.45) is 5.92 Å². The van der Waals surface area contributed by atoms with Crippen LogP contribution in [0, 0.1) is 17.2 Å². The van der Waals surface area contributed by atoms with E-state index in [4.69, 9.17) is 9.84 Å². The van der Waals surface area contributed by atoms with E-state index in [9.17, 15) is 10.1 Å². The average molecular weight is 418 g/mol. The van der Waals surface area contributed by atoms with Gasteiger partial charge in [-0.15, -0.1) is 0 Å². The Bertz CT molecular complexity index is 1100. The van der Waals surface area contributed by atoms with Crippen molar-refractivity contribution in [3.8, 4) is 28.8 Å². The lowest BCUT2D eigenvalue weighted by molar-refractivity contribution is 0.169. The standard InChI is InChI=1S/C22H22N6O3/c23-9-16-3-1-2-4-19(16)28-12-17(10-26-28)21-20(11-24-14-25-21)31-13-15-5-7-18(8-6-15)27-22(29)30/h1-4,10-12,14-15,18,27H,5-8,13H2,(H,29,30)/t15-,18+. The van der Waals surface area contributed by atoms with Crippen LogP contribution in [0.4, 0.5) is 4.79 Å². The molecule has 1 aliphatic rings. The van der Waals surface area contributed by atoms with E-state index in [2.05, 4.69) is 26.5 Å². The first-order valence-electron chi connectivity index (χ1n) is 10.1. The van der Waals surface area contributed by atoms with Crippen LogP contribution in [0.25, 0.3) is 16.9 Å². The highest BCUT2D eigenvalue weighted by atomic mass is 16.5. The van der Waals surface area contributed by atoms with Crippen molar-refractivity contribution in [2.45, 2.75) is 31.7 Å². The quantitative estimate of drug-likeness (QED) is 0.628. The predicted octanol–water partition coefficient (Wildman–Crippen LogP) is 3.41. The Morgan fingerprint density at radius 1 is 1.26 bits per heavy atom. The van der Waals surface area contributed by atoms with Crippen LogP contribution >= 0.6 is 0 Å². The number of carbonyl (C=O) groups is 1. The summed E-state index contributed by atoms with van der Waals surface area (Å²) in [5.74, 6) is 0.923. The molecule has 9 nitrogen and oxygen atoms in total. The molecule has 0 bridgehead atoms. The van der Waals surface area contributed by atoms with E-state index in [1.807, 2.05) is 24.4 Å². The maximum atomic E-state index is 10.8. The fourth-order valence-electron chi connectivity index (χ4n) is 3.84. The monoisotopic (exact) mass is 418 g/mol. The third kappa shape index (κ3) is 4.80. The van der Waals surface area contributed by atoms with Crippen molar-refractivity contribution in [1.29, 1.82) is 5.26 Å². The number of para-hydroxylation sites is 1. The summed E-state index contributed by atoms with van der Waals surface area (Å²) in [5.41, 5.74) is 2.63. The summed E-state index contributed by atoms with van der Waals surface area (Å²) >= 11 is 0. The number of rotatable bonds is 6. The molecule has 9 heteroatoms. The molecule has 0 atom stereocenters. The Kier molecular flexibility index (Phi) is 6.08. The molecular weight excluding hydrogens is 396 g/mol. The van der Waals surface area contributed by atoms with Gasteiger partial charge in [-0.3, -0.25) is 0 Å². The van der Waals surface area contributed by atoms with Crippen LogP contribution in [0.3, 0.4) is 0 Å². The molecule has 1 aliphatic carbocycles. The summed E-state index contributed by atoms with van der Waals surface area (Å²) in [7, 11) is 0. The first-order chi connectivity index (χ1) is 15.1. The highest BCUT2D eigenvalue weighted by Gasteiger charge is 2.23. The summed E-state index contributed by atoms with van der Waals surface area (Å²) in [4.78, 5) is 19.3. The third-order valence-corrected chi connectivity index (χ3v) is 5.45. The van der Waals surface area contributed by atoms with Gasteiger partial charge in [0.15, 0.2) is 5.75 Å². The van der Waals surface area contributed by atoms with Gasteiger partial charge in [-0.05, 0) is 43.7 Å². The lowest BCUT2D eigenvalue weighted by Crippen LogP contribution is -2.37. The van der Waals surface area contributed by atoms with Gasteiger partial charge >= 0.3 is 6.09 Å². The van der Waals surface area contributed by atoms with Crippen molar-refractivity contribution in [3.63, 3.8) is 0 Å². The second-order valence-electron chi connectivity index (χ2n) is 7.52. The maximum Gasteiger partial charge on any atom is 0.404 e. The number of nitrogens with one attached hydrogen (secondary N) is 1. The molecule has 1 saturated carbocycles. The number of nitrogens with zero attached hydrogens (tertiary/aromatic N) is 5. The summed E-state index contributed by atoms with van der Waals surface area (Å²) in [5, 5.41) is 25.1. The van der Waals surface area contributed by atoms with Gasteiger partial charge in [0, 0.05) is 17.8 Å². The molecule has 31 heavy (non-hydrogen) atoms. The number of hydrogen-bond acceptors (Lipinski definition) is 6. The predicted molar refractivity (Wildman–Crippen MR) is 112 cm³/mol. The van der Waals surface area contributed by atoms with Crippen LogP contribution in [-0.2, 0) is 0 Å². The number of nitriles is 1. The fraction of sp³-hybridized carbons (Fsp3) is 0.318. The van der Waals surface area contributed by atoms with Crippen molar-refractivity contribution >= 4 is 6.09 Å². The van der Waals surface area contributed by atoms with E-state index in [0.717, 1.165) is 31.2 Å². The van der Waals surface area contributed by atoms with Gasteiger partial charge in [0.1, 0.15) is 18.1 Å². The zero-order valence-corrected chi connectivity index (χ0v) is 16.8. The fourth-order valence-corrected chi connectivity index (χ4v) is 3.84. The number of ether oxygens (including phenoxy) is 1. The Morgan fingerprint density at radius 2 is 2.06 bits per heavy atom. The molecule has 2 aromatic heterocycles. The van der Waals surface area contributed by atoms with Crippen molar-refractivity contribution in [1.82, 2.24) is 25.1 Å². The van der Waals surface area contributed by atoms with Crippen molar-refractivity contribution in [3.05, 3.63) is 54.7 Å². The molecular formula is C22H22N6O3. The van der Waals surface area contributed by atoms with Crippen molar-refractivity contribution in [2.75, 3.05) is 6.61 Å². The molecule has 1 fully saturated rings. The SMILES string of the molecule is N#Cc1ccccc1-n1cc(-c2ncncc2OC[C@H]2CC[C@@H](NC(=O)O)CC2)cn1. The molecule has 0 spiro atoms. The second-order valence-corrected chi connectivity index (χ2v) is 7.52. The van der Waals surface area contributed by atoms with Crippen LogP contribution in [0.5, 0.6) is 5.75 Å². The van der Waals surface area contributed by atoms with Gasteiger partial charge in [-0.25, -0.2) is 19.4 Å². The zero-order valence-electron chi connectivity index (χ0n) is 16.8. The van der Waals surface area contributed by atoms with Gasteiger partial charge in [0.05, 0.1) is 30.3 Å². The molecule has 0 aliphatic heterocycles. The van der Waals surface area contributed by atoms with E-state index in [0.29, 0.717) is 35.2 Å². The van der Waals surface area contributed by atoms with Gasteiger partial charge in [0.2, 0.25) is 0 Å². The highest BCUT2D eigenvalue weighted by molar-refractivity contribution is 5.65. The molecule has 1 amide bonds. The minimum Gasteiger partial charge on any atom is -0.489 e. The largest absolute Gasteiger partial charge is 0.489 e. The summed E-state index contributed by atoms with van der Waals surface area (Å²) in [6.07, 6.45) is 9.05. The molecule has 3 aromatic rings. The third-order valence-electron chi connectivity index (χ3n) is 5.45. The number of amides is 1. The molecule has 4 rings (SSSR count).